The summed E-state index contributed by atoms with van der Waals surface area (Å²) in [7, 11) is 2.75. The molecule has 0 unspecified atom stereocenters. The van der Waals surface area contributed by atoms with Crippen molar-refractivity contribution in [2.24, 2.45) is 0 Å². The van der Waals surface area contributed by atoms with Crippen molar-refractivity contribution in [3.05, 3.63) is 45.2 Å². The number of benzene rings is 1. The van der Waals surface area contributed by atoms with Crippen molar-refractivity contribution >= 4 is 39.3 Å². The third kappa shape index (κ3) is 4.13. The van der Waals surface area contributed by atoms with Gasteiger partial charge in [0.15, 0.2) is 5.78 Å². The quantitative estimate of drug-likeness (QED) is 0.549. The third-order valence-corrected chi connectivity index (χ3v) is 4.34. The van der Waals surface area contributed by atoms with Crippen molar-refractivity contribution in [3.8, 4) is 5.75 Å². The van der Waals surface area contributed by atoms with E-state index in [1.165, 1.54) is 21.1 Å². The first-order chi connectivity index (χ1) is 12.3. The van der Waals surface area contributed by atoms with E-state index in [2.05, 4.69) is 26.2 Å². The standard InChI is InChI=1S/C18H19BrN2O5/c1-9-16(18(24)26-4)13(21-17(9)10(2)22)8-15(23)20-12-7-11(19)5-6-14(12)25-3/h5-7,21H,8H2,1-4H3,(H,20,23). The predicted octanol–water partition coefficient (Wildman–Crippen LogP) is 3.26. The molecule has 0 aliphatic rings. The molecule has 2 N–H and O–H groups in total. The maximum Gasteiger partial charge on any atom is 0.339 e. The van der Waals surface area contributed by atoms with Crippen molar-refractivity contribution in [2.75, 3.05) is 19.5 Å². The number of esters is 1. The van der Waals surface area contributed by atoms with E-state index in [4.69, 9.17) is 9.47 Å². The number of halogens is 1. The van der Waals surface area contributed by atoms with Crippen LogP contribution in [0.4, 0.5) is 5.69 Å². The molecule has 8 heteroatoms. The number of methoxy groups -OCH3 is 2. The molecule has 1 heterocycles. The maximum atomic E-state index is 12.5. The smallest absolute Gasteiger partial charge is 0.339 e. The van der Waals surface area contributed by atoms with Crippen LogP contribution >= 0.6 is 15.9 Å². The first-order valence-corrected chi connectivity index (χ1v) is 8.51. The van der Waals surface area contributed by atoms with Crippen LogP contribution in [-0.2, 0) is 16.0 Å². The van der Waals surface area contributed by atoms with Gasteiger partial charge in [0.25, 0.3) is 0 Å². The summed E-state index contributed by atoms with van der Waals surface area (Å²) in [6.07, 6.45) is -0.131. The molecule has 0 aliphatic carbocycles. The monoisotopic (exact) mass is 422 g/mol. The summed E-state index contributed by atoms with van der Waals surface area (Å²) in [4.78, 5) is 39.1. The van der Waals surface area contributed by atoms with Crippen LogP contribution in [0.3, 0.4) is 0 Å². The average Bonchev–Trinajstić information content (AvgIpc) is 2.90. The number of nitrogens with one attached hydrogen (secondary N) is 2. The highest BCUT2D eigenvalue weighted by Crippen LogP contribution is 2.28. The van der Waals surface area contributed by atoms with Gasteiger partial charge in [0, 0.05) is 17.1 Å². The molecule has 1 amide bonds. The SMILES string of the molecule is COC(=O)c1c(CC(=O)Nc2cc(Br)ccc2OC)[nH]c(C(C)=O)c1C. The Kier molecular flexibility index (Phi) is 6.20. The number of hydrogen-bond donors (Lipinski definition) is 2. The first-order valence-electron chi connectivity index (χ1n) is 7.72. The fraction of sp³-hybridized carbons (Fsp3) is 0.278. The van der Waals surface area contributed by atoms with Crippen LogP contribution in [0.25, 0.3) is 0 Å². The van der Waals surface area contributed by atoms with E-state index in [-0.39, 0.29) is 29.4 Å². The number of hydrogen-bond acceptors (Lipinski definition) is 5. The van der Waals surface area contributed by atoms with E-state index >= 15 is 0 Å². The fourth-order valence-electron chi connectivity index (χ4n) is 2.65. The summed E-state index contributed by atoms with van der Waals surface area (Å²) in [5.74, 6) is -0.702. The molecule has 0 saturated carbocycles. The van der Waals surface area contributed by atoms with E-state index in [1.54, 1.807) is 25.1 Å². The van der Waals surface area contributed by atoms with Crippen LogP contribution in [0.15, 0.2) is 22.7 Å². The molecule has 1 aromatic carbocycles. The van der Waals surface area contributed by atoms with Crippen molar-refractivity contribution in [2.45, 2.75) is 20.3 Å². The second kappa shape index (κ2) is 8.18. The van der Waals surface area contributed by atoms with Gasteiger partial charge in [-0.3, -0.25) is 9.59 Å². The van der Waals surface area contributed by atoms with Gasteiger partial charge in [-0.1, -0.05) is 15.9 Å². The van der Waals surface area contributed by atoms with Crippen molar-refractivity contribution in [3.63, 3.8) is 0 Å². The average molecular weight is 423 g/mol. The van der Waals surface area contributed by atoms with Crippen molar-refractivity contribution in [1.29, 1.82) is 0 Å². The molecule has 0 bridgehead atoms. The molecule has 0 aliphatic heterocycles. The molecule has 26 heavy (non-hydrogen) atoms. The Labute approximate surface area is 159 Å². The largest absolute Gasteiger partial charge is 0.495 e. The van der Waals surface area contributed by atoms with E-state index in [1.807, 2.05) is 0 Å². The van der Waals surface area contributed by atoms with Gasteiger partial charge in [-0.15, -0.1) is 0 Å². The van der Waals surface area contributed by atoms with Crippen LogP contribution in [-0.4, -0.2) is 36.9 Å². The van der Waals surface area contributed by atoms with Gasteiger partial charge >= 0.3 is 5.97 Å². The molecular formula is C18H19BrN2O5. The number of Topliss-reactive ketones (excluding diaryl/α,β-unsaturated/α-hetero) is 1. The van der Waals surface area contributed by atoms with Crippen molar-refractivity contribution in [1.82, 2.24) is 4.98 Å². The summed E-state index contributed by atoms with van der Waals surface area (Å²) < 4.78 is 10.8. The number of ketones is 1. The lowest BCUT2D eigenvalue weighted by molar-refractivity contribution is -0.115. The molecule has 0 saturated heterocycles. The van der Waals surface area contributed by atoms with Gasteiger partial charge in [0.2, 0.25) is 5.91 Å². The van der Waals surface area contributed by atoms with E-state index < -0.39 is 5.97 Å². The topological polar surface area (TPSA) is 97.5 Å². The first kappa shape index (κ1) is 19.7. The minimum absolute atomic E-state index is 0.131. The Morgan fingerprint density at radius 1 is 1.23 bits per heavy atom. The number of anilines is 1. The van der Waals surface area contributed by atoms with Crippen molar-refractivity contribution < 1.29 is 23.9 Å². The Balaban J connectivity index is 2.32. The van der Waals surface area contributed by atoms with Crippen LogP contribution < -0.4 is 10.1 Å². The number of aromatic amines is 1. The highest BCUT2D eigenvalue weighted by Gasteiger charge is 2.24. The highest BCUT2D eigenvalue weighted by molar-refractivity contribution is 9.10. The minimum atomic E-state index is -0.603. The molecule has 7 nitrogen and oxygen atoms in total. The Bertz CT molecular complexity index is 873. The molecule has 1 aromatic heterocycles. The number of amides is 1. The molecule has 2 aromatic rings. The van der Waals surface area contributed by atoms with Gasteiger partial charge < -0.3 is 19.8 Å². The second-order valence-corrected chi connectivity index (χ2v) is 6.51. The number of rotatable bonds is 6. The molecule has 0 spiro atoms. The summed E-state index contributed by atoms with van der Waals surface area (Å²) in [6.45, 7) is 3.02. The number of carbonyl (C=O) groups is 3. The zero-order chi connectivity index (χ0) is 19.4. The van der Waals surface area contributed by atoms with Gasteiger partial charge in [0.1, 0.15) is 5.75 Å². The Morgan fingerprint density at radius 2 is 1.92 bits per heavy atom. The molecule has 0 fully saturated rings. The van der Waals surface area contributed by atoms with Crippen LogP contribution in [0.2, 0.25) is 0 Å². The Morgan fingerprint density at radius 3 is 2.50 bits per heavy atom. The summed E-state index contributed by atoms with van der Waals surface area (Å²) in [5, 5.41) is 2.74. The van der Waals surface area contributed by atoms with Gasteiger partial charge in [-0.05, 0) is 30.7 Å². The third-order valence-electron chi connectivity index (χ3n) is 3.84. The molecule has 138 valence electrons. The zero-order valence-corrected chi connectivity index (χ0v) is 16.4. The summed E-state index contributed by atoms with van der Waals surface area (Å²) in [6, 6.07) is 5.21. The summed E-state index contributed by atoms with van der Waals surface area (Å²) in [5.41, 5.74) is 1.77. The zero-order valence-electron chi connectivity index (χ0n) is 14.9. The van der Waals surface area contributed by atoms with E-state index in [9.17, 15) is 14.4 Å². The van der Waals surface area contributed by atoms with Gasteiger partial charge in [0.05, 0.1) is 37.6 Å². The maximum absolute atomic E-state index is 12.5. The Hall–Kier alpha value is -2.61. The lowest BCUT2D eigenvalue weighted by atomic mass is 10.1. The normalized spacial score (nSPS) is 10.3. The molecular weight excluding hydrogens is 404 g/mol. The molecule has 2 rings (SSSR count). The lowest BCUT2D eigenvalue weighted by Gasteiger charge is -2.11. The van der Waals surface area contributed by atoms with Gasteiger partial charge in [-0.25, -0.2) is 4.79 Å². The van der Waals surface area contributed by atoms with E-state index in [0.717, 1.165) is 4.47 Å². The van der Waals surface area contributed by atoms with Crippen LogP contribution in [0.5, 0.6) is 5.75 Å². The number of carbonyl (C=O) groups excluding carboxylic acids is 3. The number of aromatic nitrogens is 1. The molecule has 0 radical (unpaired) electrons. The predicted molar refractivity (Wildman–Crippen MR) is 99.9 cm³/mol. The lowest BCUT2D eigenvalue weighted by Crippen LogP contribution is -2.17. The number of H-pyrrole nitrogens is 1. The summed E-state index contributed by atoms with van der Waals surface area (Å²) >= 11 is 3.34. The number of ether oxygens (including phenoxy) is 2. The van der Waals surface area contributed by atoms with Gasteiger partial charge in [-0.2, -0.15) is 0 Å². The molecule has 0 atom stereocenters. The fourth-order valence-corrected chi connectivity index (χ4v) is 3.02. The van der Waals surface area contributed by atoms with Crippen LogP contribution in [0.1, 0.15) is 39.0 Å². The van der Waals surface area contributed by atoms with Crippen LogP contribution in [0, 0.1) is 6.92 Å². The second-order valence-electron chi connectivity index (χ2n) is 5.60. The van der Waals surface area contributed by atoms with E-state index in [0.29, 0.717) is 22.7 Å². The highest BCUT2D eigenvalue weighted by atomic mass is 79.9. The minimum Gasteiger partial charge on any atom is -0.495 e.